The quantitative estimate of drug-likeness (QED) is 0.853. The van der Waals surface area contributed by atoms with E-state index in [2.05, 4.69) is 0 Å². The smallest absolute Gasteiger partial charge is 0.257 e. The van der Waals surface area contributed by atoms with Gasteiger partial charge in [0.15, 0.2) is 0 Å². The lowest BCUT2D eigenvalue weighted by molar-refractivity contribution is 0.0228. The normalized spacial score (nSPS) is 25.0. The molecule has 2 atom stereocenters. The molecule has 1 aliphatic rings. The molecule has 1 aliphatic heterocycles. The van der Waals surface area contributed by atoms with Crippen LogP contribution in [0.25, 0.3) is 0 Å². The van der Waals surface area contributed by atoms with Gasteiger partial charge >= 0.3 is 0 Å². The molecule has 2 unspecified atom stereocenters. The minimum atomic E-state index is -0.268. The van der Waals surface area contributed by atoms with Gasteiger partial charge in [0.25, 0.3) is 5.91 Å². The zero-order chi connectivity index (χ0) is 12.4. The Morgan fingerprint density at radius 2 is 2.41 bits per heavy atom. The van der Waals surface area contributed by atoms with Gasteiger partial charge in [0.05, 0.1) is 11.7 Å². The van der Waals surface area contributed by atoms with E-state index < -0.39 is 0 Å². The van der Waals surface area contributed by atoms with Gasteiger partial charge in [0.2, 0.25) is 0 Å². The Labute approximate surface area is 101 Å². The summed E-state index contributed by atoms with van der Waals surface area (Å²) in [4.78, 5) is 14.0. The highest BCUT2D eigenvalue weighted by Gasteiger charge is 2.29. The molecule has 1 saturated heterocycles. The van der Waals surface area contributed by atoms with Crippen LogP contribution in [0.3, 0.4) is 0 Å². The molecule has 0 aliphatic carbocycles. The second-order valence-electron chi connectivity index (χ2n) is 4.72. The van der Waals surface area contributed by atoms with Crippen LogP contribution in [-0.4, -0.2) is 35.1 Å². The van der Waals surface area contributed by atoms with Crippen molar-refractivity contribution in [2.75, 3.05) is 13.1 Å². The number of rotatable bonds is 2. The minimum Gasteiger partial charge on any atom is -0.469 e. The SMILES string of the molecule is CCC1CN(C(=O)c2coc(C)c2)CCC1O. The molecule has 1 amide bonds. The molecule has 2 rings (SSSR count). The zero-order valence-corrected chi connectivity index (χ0v) is 10.3. The number of nitrogens with zero attached hydrogens (tertiary/aromatic N) is 1. The molecule has 0 aromatic carbocycles. The van der Waals surface area contributed by atoms with Crippen molar-refractivity contribution in [1.82, 2.24) is 4.90 Å². The average molecular weight is 237 g/mol. The van der Waals surface area contributed by atoms with Crippen LogP contribution in [0.2, 0.25) is 0 Å². The summed E-state index contributed by atoms with van der Waals surface area (Å²) in [6.45, 7) is 5.14. The number of aliphatic hydroxyl groups is 1. The lowest BCUT2D eigenvalue weighted by Crippen LogP contribution is -2.45. The largest absolute Gasteiger partial charge is 0.469 e. The lowest BCUT2D eigenvalue weighted by Gasteiger charge is -2.35. The molecule has 17 heavy (non-hydrogen) atoms. The van der Waals surface area contributed by atoms with E-state index >= 15 is 0 Å². The Bertz CT molecular complexity index is 399. The molecule has 0 spiro atoms. The molecule has 1 aromatic heterocycles. The van der Waals surface area contributed by atoms with Crippen molar-refractivity contribution in [3.05, 3.63) is 23.7 Å². The second-order valence-corrected chi connectivity index (χ2v) is 4.72. The van der Waals surface area contributed by atoms with Crippen LogP contribution in [0, 0.1) is 12.8 Å². The van der Waals surface area contributed by atoms with Crippen molar-refractivity contribution < 1.29 is 14.3 Å². The Kier molecular flexibility index (Phi) is 3.52. The second kappa shape index (κ2) is 4.92. The van der Waals surface area contributed by atoms with Crippen molar-refractivity contribution in [1.29, 1.82) is 0 Å². The van der Waals surface area contributed by atoms with Gasteiger partial charge < -0.3 is 14.4 Å². The van der Waals surface area contributed by atoms with E-state index in [9.17, 15) is 9.90 Å². The van der Waals surface area contributed by atoms with Crippen LogP contribution < -0.4 is 0 Å². The van der Waals surface area contributed by atoms with Gasteiger partial charge in [-0.3, -0.25) is 4.79 Å². The summed E-state index contributed by atoms with van der Waals surface area (Å²) in [7, 11) is 0. The maximum atomic E-state index is 12.2. The highest BCUT2D eigenvalue weighted by molar-refractivity contribution is 5.94. The van der Waals surface area contributed by atoms with Crippen LogP contribution in [0.5, 0.6) is 0 Å². The Morgan fingerprint density at radius 3 is 3.00 bits per heavy atom. The first kappa shape index (κ1) is 12.2. The van der Waals surface area contributed by atoms with E-state index in [1.807, 2.05) is 18.7 Å². The lowest BCUT2D eigenvalue weighted by atomic mass is 9.92. The number of amides is 1. The number of carbonyl (C=O) groups excluding carboxylic acids is 1. The molecule has 4 heteroatoms. The maximum Gasteiger partial charge on any atom is 0.257 e. The number of hydrogen-bond acceptors (Lipinski definition) is 3. The van der Waals surface area contributed by atoms with Gasteiger partial charge in [-0.1, -0.05) is 6.92 Å². The molecule has 1 N–H and O–H groups in total. The molecule has 0 saturated carbocycles. The maximum absolute atomic E-state index is 12.2. The summed E-state index contributed by atoms with van der Waals surface area (Å²) in [5.41, 5.74) is 0.605. The number of carbonyl (C=O) groups is 1. The van der Waals surface area contributed by atoms with Gasteiger partial charge in [0, 0.05) is 19.0 Å². The van der Waals surface area contributed by atoms with Crippen LogP contribution in [0.15, 0.2) is 16.7 Å². The fraction of sp³-hybridized carbons (Fsp3) is 0.615. The van der Waals surface area contributed by atoms with Crippen molar-refractivity contribution in [2.24, 2.45) is 5.92 Å². The fourth-order valence-corrected chi connectivity index (χ4v) is 2.34. The third kappa shape index (κ3) is 2.52. The van der Waals surface area contributed by atoms with Crippen LogP contribution in [0.1, 0.15) is 35.9 Å². The predicted molar refractivity (Wildman–Crippen MR) is 63.8 cm³/mol. The number of aliphatic hydroxyl groups excluding tert-OH is 1. The van der Waals surface area contributed by atoms with E-state index in [0.29, 0.717) is 25.1 Å². The Morgan fingerprint density at radius 1 is 1.65 bits per heavy atom. The monoisotopic (exact) mass is 237 g/mol. The van der Waals surface area contributed by atoms with Gasteiger partial charge in [-0.05, 0) is 25.8 Å². The summed E-state index contributed by atoms with van der Waals surface area (Å²) in [5, 5.41) is 9.79. The van der Waals surface area contributed by atoms with E-state index in [4.69, 9.17) is 4.42 Å². The zero-order valence-electron chi connectivity index (χ0n) is 10.3. The summed E-state index contributed by atoms with van der Waals surface area (Å²) in [6.07, 6.45) is 2.80. The number of aryl methyl sites for hydroxylation is 1. The number of hydrogen-bond donors (Lipinski definition) is 1. The highest BCUT2D eigenvalue weighted by Crippen LogP contribution is 2.22. The summed E-state index contributed by atoms with van der Waals surface area (Å²) >= 11 is 0. The van der Waals surface area contributed by atoms with E-state index in [1.165, 1.54) is 6.26 Å². The molecule has 1 aromatic rings. The van der Waals surface area contributed by atoms with Gasteiger partial charge in [0.1, 0.15) is 12.0 Å². The first-order chi connectivity index (χ1) is 8.11. The molecule has 0 radical (unpaired) electrons. The molecule has 4 nitrogen and oxygen atoms in total. The van der Waals surface area contributed by atoms with E-state index in [1.54, 1.807) is 6.07 Å². The molecule has 0 bridgehead atoms. The number of piperidine rings is 1. The Balaban J connectivity index is 2.05. The topological polar surface area (TPSA) is 53.7 Å². The molecular weight excluding hydrogens is 218 g/mol. The van der Waals surface area contributed by atoms with Crippen LogP contribution in [0.4, 0.5) is 0 Å². The highest BCUT2D eigenvalue weighted by atomic mass is 16.3. The summed E-state index contributed by atoms with van der Waals surface area (Å²) < 4.78 is 5.15. The van der Waals surface area contributed by atoms with E-state index in [0.717, 1.165) is 12.2 Å². The third-order valence-corrected chi connectivity index (χ3v) is 3.48. The number of furan rings is 1. The molecular formula is C13H19NO3. The van der Waals surface area contributed by atoms with Gasteiger partial charge in [-0.25, -0.2) is 0 Å². The van der Waals surface area contributed by atoms with Gasteiger partial charge in [-0.2, -0.15) is 0 Å². The predicted octanol–water partition coefficient (Wildman–Crippen LogP) is 1.82. The first-order valence-electron chi connectivity index (χ1n) is 6.14. The Hall–Kier alpha value is -1.29. The first-order valence-corrected chi connectivity index (χ1v) is 6.14. The van der Waals surface area contributed by atoms with Crippen molar-refractivity contribution >= 4 is 5.91 Å². The third-order valence-electron chi connectivity index (χ3n) is 3.48. The van der Waals surface area contributed by atoms with Crippen LogP contribution in [-0.2, 0) is 0 Å². The van der Waals surface area contributed by atoms with E-state index in [-0.39, 0.29) is 17.9 Å². The molecule has 1 fully saturated rings. The van der Waals surface area contributed by atoms with Gasteiger partial charge in [-0.15, -0.1) is 0 Å². The minimum absolute atomic E-state index is 0.00667. The van der Waals surface area contributed by atoms with Crippen molar-refractivity contribution in [2.45, 2.75) is 32.8 Å². The molecule has 94 valence electrons. The van der Waals surface area contributed by atoms with Crippen LogP contribution >= 0.6 is 0 Å². The summed E-state index contributed by atoms with van der Waals surface area (Å²) in [5.74, 6) is 0.949. The van der Waals surface area contributed by atoms with Crippen molar-refractivity contribution in [3.8, 4) is 0 Å². The molecule has 2 heterocycles. The number of likely N-dealkylation sites (tertiary alicyclic amines) is 1. The average Bonchev–Trinajstić information content (AvgIpc) is 2.75. The standard InChI is InChI=1S/C13H19NO3/c1-3-10-7-14(5-4-12(10)15)13(16)11-6-9(2)17-8-11/h6,8,10,12,15H,3-5,7H2,1-2H3. The van der Waals surface area contributed by atoms with Crippen molar-refractivity contribution in [3.63, 3.8) is 0 Å². The fourth-order valence-electron chi connectivity index (χ4n) is 2.34. The summed E-state index contributed by atoms with van der Waals surface area (Å²) in [6, 6.07) is 1.76.